The second kappa shape index (κ2) is 5.58. The lowest BCUT2D eigenvalue weighted by atomic mass is 10.2. The highest BCUT2D eigenvalue weighted by atomic mass is 16.6. The quantitative estimate of drug-likeness (QED) is 0.686. The summed E-state index contributed by atoms with van der Waals surface area (Å²) < 4.78 is 0. The van der Waals surface area contributed by atoms with E-state index in [9.17, 15) is 14.9 Å². The Balaban J connectivity index is 2.31. The smallest absolute Gasteiger partial charge is 0.335 e. The van der Waals surface area contributed by atoms with Gasteiger partial charge in [0.05, 0.1) is 10.5 Å². The summed E-state index contributed by atoms with van der Waals surface area (Å²) in [4.78, 5) is 26.9. The Kier molecular flexibility index (Phi) is 3.84. The van der Waals surface area contributed by atoms with E-state index >= 15 is 0 Å². The van der Waals surface area contributed by atoms with Crippen molar-refractivity contribution in [1.82, 2.24) is 4.98 Å². The second-order valence-electron chi connectivity index (χ2n) is 4.50. The summed E-state index contributed by atoms with van der Waals surface area (Å²) in [5, 5.41) is 19.6. The van der Waals surface area contributed by atoms with Gasteiger partial charge in [0.15, 0.2) is 0 Å². The van der Waals surface area contributed by atoms with Crippen molar-refractivity contribution in [3.8, 4) is 0 Å². The predicted octanol–water partition coefficient (Wildman–Crippen LogP) is 2.76. The van der Waals surface area contributed by atoms with Crippen LogP contribution in [0.2, 0.25) is 0 Å². The summed E-state index contributed by atoms with van der Waals surface area (Å²) in [6.07, 6.45) is 1.22. The van der Waals surface area contributed by atoms with E-state index in [4.69, 9.17) is 5.11 Å². The molecule has 108 valence electrons. The number of nitrogens with zero attached hydrogens (tertiary/aromatic N) is 3. The molecule has 0 unspecified atom stereocenters. The van der Waals surface area contributed by atoms with Crippen molar-refractivity contribution in [1.29, 1.82) is 0 Å². The highest BCUT2D eigenvalue weighted by Crippen LogP contribution is 2.26. The maximum Gasteiger partial charge on any atom is 0.335 e. The van der Waals surface area contributed by atoms with Crippen LogP contribution in [0.5, 0.6) is 0 Å². The number of hydrogen-bond donors (Lipinski definition) is 1. The van der Waals surface area contributed by atoms with E-state index in [-0.39, 0.29) is 11.3 Å². The molecule has 2 rings (SSSR count). The zero-order valence-corrected chi connectivity index (χ0v) is 11.5. The van der Waals surface area contributed by atoms with E-state index in [0.29, 0.717) is 11.4 Å². The highest BCUT2D eigenvalue weighted by molar-refractivity contribution is 5.88. The lowest BCUT2D eigenvalue weighted by molar-refractivity contribution is -0.385. The summed E-state index contributed by atoms with van der Waals surface area (Å²) in [5.41, 5.74) is 1.41. The molecule has 0 bridgehead atoms. The zero-order chi connectivity index (χ0) is 15.6. The molecule has 0 aliphatic heterocycles. The van der Waals surface area contributed by atoms with Gasteiger partial charge in [0.2, 0.25) is 0 Å². The first kappa shape index (κ1) is 14.4. The van der Waals surface area contributed by atoms with E-state index < -0.39 is 10.9 Å². The molecule has 0 radical (unpaired) electrons. The lowest BCUT2D eigenvalue weighted by Gasteiger charge is -2.18. The molecule has 0 spiro atoms. The third kappa shape index (κ3) is 2.97. The molecule has 1 aromatic carbocycles. The summed E-state index contributed by atoms with van der Waals surface area (Å²) in [6.45, 7) is 1.64. The summed E-state index contributed by atoms with van der Waals surface area (Å²) >= 11 is 0. The first-order valence-electron chi connectivity index (χ1n) is 6.08. The minimum Gasteiger partial charge on any atom is -0.478 e. The molecule has 1 heterocycles. The summed E-state index contributed by atoms with van der Waals surface area (Å²) in [6, 6.07) is 7.91. The Labute approximate surface area is 120 Å². The number of anilines is 2. The van der Waals surface area contributed by atoms with Gasteiger partial charge >= 0.3 is 5.97 Å². The Hall–Kier alpha value is -2.96. The van der Waals surface area contributed by atoms with Crippen molar-refractivity contribution in [2.75, 3.05) is 11.9 Å². The van der Waals surface area contributed by atoms with Crippen LogP contribution in [0.15, 0.2) is 36.5 Å². The minimum absolute atomic E-state index is 0.0339. The first-order valence-corrected chi connectivity index (χ1v) is 6.08. The maximum atomic E-state index is 10.8. The molecule has 0 atom stereocenters. The molecule has 1 N–H and O–H groups in total. The molecule has 0 saturated heterocycles. The minimum atomic E-state index is -0.992. The number of aromatic nitrogens is 1. The van der Waals surface area contributed by atoms with Crippen LogP contribution in [0.25, 0.3) is 0 Å². The number of carbonyl (C=O) groups is 1. The van der Waals surface area contributed by atoms with Gasteiger partial charge in [-0.05, 0) is 37.3 Å². The van der Waals surface area contributed by atoms with Crippen molar-refractivity contribution >= 4 is 23.2 Å². The number of pyridine rings is 1. The van der Waals surface area contributed by atoms with Gasteiger partial charge < -0.3 is 10.0 Å². The highest BCUT2D eigenvalue weighted by Gasteiger charge is 2.14. The number of aryl methyl sites for hydroxylation is 1. The third-order valence-electron chi connectivity index (χ3n) is 3.11. The average molecular weight is 287 g/mol. The Morgan fingerprint density at radius 3 is 2.43 bits per heavy atom. The number of carboxylic acid groups (broad SMARTS) is 1. The van der Waals surface area contributed by atoms with Gasteiger partial charge in [0.1, 0.15) is 12.0 Å². The van der Waals surface area contributed by atoms with Crippen molar-refractivity contribution in [2.24, 2.45) is 0 Å². The standard InChI is InChI=1S/C14H13N3O4/c1-9-7-13(15-8-12(9)17(20)21)16(2)11-5-3-10(4-6-11)14(18)19/h3-8H,1-2H3,(H,18,19). The molecule has 0 amide bonds. The number of aromatic carboxylic acids is 1. The largest absolute Gasteiger partial charge is 0.478 e. The molecule has 21 heavy (non-hydrogen) atoms. The van der Waals surface area contributed by atoms with Gasteiger partial charge in [-0.3, -0.25) is 10.1 Å². The van der Waals surface area contributed by atoms with Crippen LogP contribution in [0.4, 0.5) is 17.2 Å². The Bertz CT molecular complexity index is 698. The number of hydrogen-bond acceptors (Lipinski definition) is 5. The molecule has 2 aromatic rings. The van der Waals surface area contributed by atoms with Crippen molar-refractivity contribution < 1.29 is 14.8 Å². The molecule has 0 aliphatic carbocycles. The van der Waals surface area contributed by atoms with E-state index in [1.54, 1.807) is 37.1 Å². The monoisotopic (exact) mass is 287 g/mol. The number of benzene rings is 1. The van der Waals surface area contributed by atoms with Crippen LogP contribution >= 0.6 is 0 Å². The predicted molar refractivity (Wildman–Crippen MR) is 77.1 cm³/mol. The van der Waals surface area contributed by atoms with Crippen LogP contribution < -0.4 is 4.90 Å². The number of nitro groups is 1. The SMILES string of the molecule is Cc1cc(N(C)c2ccc(C(=O)O)cc2)ncc1[N+](=O)[O-]. The van der Waals surface area contributed by atoms with Crippen molar-refractivity contribution in [3.63, 3.8) is 0 Å². The van der Waals surface area contributed by atoms with Crippen LogP contribution in [0, 0.1) is 17.0 Å². The Morgan fingerprint density at radius 1 is 1.33 bits per heavy atom. The molecular weight excluding hydrogens is 274 g/mol. The first-order chi connectivity index (χ1) is 9.90. The van der Waals surface area contributed by atoms with Gasteiger partial charge in [-0.2, -0.15) is 0 Å². The van der Waals surface area contributed by atoms with Crippen molar-refractivity contribution in [3.05, 3.63) is 57.8 Å². The normalized spacial score (nSPS) is 10.2. The topological polar surface area (TPSA) is 96.6 Å². The van der Waals surface area contributed by atoms with Crippen LogP contribution in [0.1, 0.15) is 15.9 Å². The Morgan fingerprint density at radius 2 is 1.95 bits per heavy atom. The average Bonchev–Trinajstić information content (AvgIpc) is 2.46. The number of carboxylic acids is 1. The second-order valence-corrected chi connectivity index (χ2v) is 4.50. The molecule has 1 aromatic heterocycles. The third-order valence-corrected chi connectivity index (χ3v) is 3.11. The fraction of sp³-hybridized carbons (Fsp3) is 0.143. The van der Waals surface area contributed by atoms with E-state index in [2.05, 4.69) is 4.98 Å². The van der Waals surface area contributed by atoms with E-state index in [1.165, 1.54) is 18.3 Å². The molecule has 0 aliphatic rings. The summed E-state index contributed by atoms with van der Waals surface area (Å²) in [7, 11) is 1.75. The molecule has 7 nitrogen and oxygen atoms in total. The van der Waals surface area contributed by atoms with E-state index in [0.717, 1.165) is 5.69 Å². The van der Waals surface area contributed by atoms with Gasteiger partial charge in [-0.15, -0.1) is 0 Å². The fourth-order valence-electron chi connectivity index (χ4n) is 1.87. The molecule has 7 heteroatoms. The van der Waals surface area contributed by atoms with Crippen molar-refractivity contribution in [2.45, 2.75) is 6.92 Å². The maximum absolute atomic E-state index is 10.8. The van der Waals surface area contributed by atoms with Gasteiger partial charge in [-0.25, -0.2) is 9.78 Å². The molecule has 0 saturated carbocycles. The van der Waals surface area contributed by atoms with E-state index in [1.807, 2.05) is 0 Å². The zero-order valence-electron chi connectivity index (χ0n) is 11.5. The number of rotatable bonds is 4. The van der Waals surface area contributed by atoms with Crippen LogP contribution in [-0.4, -0.2) is 28.0 Å². The summed E-state index contributed by atoms with van der Waals surface area (Å²) in [5.74, 6) is -0.449. The van der Waals surface area contributed by atoms with Gasteiger partial charge in [0, 0.05) is 18.3 Å². The van der Waals surface area contributed by atoms with Crippen LogP contribution in [0.3, 0.4) is 0 Å². The molecular formula is C14H13N3O4. The molecule has 0 fully saturated rings. The van der Waals surface area contributed by atoms with Crippen LogP contribution in [-0.2, 0) is 0 Å². The van der Waals surface area contributed by atoms with Gasteiger partial charge in [-0.1, -0.05) is 0 Å². The fourth-order valence-corrected chi connectivity index (χ4v) is 1.87. The van der Waals surface area contributed by atoms with Gasteiger partial charge in [0.25, 0.3) is 5.69 Å². The lowest BCUT2D eigenvalue weighted by Crippen LogP contribution is -2.12.